The molecule has 0 saturated heterocycles. The Kier molecular flexibility index (Phi) is 3.65. The summed E-state index contributed by atoms with van der Waals surface area (Å²) in [5.41, 5.74) is 1.39. The van der Waals surface area contributed by atoms with Gasteiger partial charge in [0.1, 0.15) is 10.6 Å². The van der Waals surface area contributed by atoms with Crippen LogP contribution in [0, 0.1) is 5.82 Å². The van der Waals surface area contributed by atoms with Gasteiger partial charge in [0.25, 0.3) is 5.56 Å². The van der Waals surface area contributed by atoms with Crippen LogP contribution in [0.3, 0.4) is 0 Å². The molecule has 0 aliphatic carbocycles. The molecule has 0 unspecified atom stereocenters. The maximum atomic E-state index is 13.0. The highest BCUT2D eigenvalue weighted by molar-refractivity contribution is 7.80. The van der Waals surface area contributed by atoms with Crippen molar-refractivity contribution in [2.24, 2.45) is 0 Å². The Hall–Kier alpha value is -1.92. The van der Waals surface area contributed by atoms with Crippen molar-refractivity contribution in [2.45, 2.75) is 11.7 Å². The van der Waals surface area contributed by atoms with Crippen molar-refractivity contribution in [1.29, 1.82) is 0 Å². The molecule has 0 radical (unpaired) electrons. The Morgan fingerprint density at radius 2 is 2.10 bits per heavy atom. The number of rotatable bonds is 3. The third-order valence-corrected chi connectivity index (χ3v) is 4.35. The van der Waals surface area contributed by atoms with Gasteiger partial charge in [-0.25, -0.2) is 9.37 Å². The topological polar surface area (TPSA) is 34.9 Å². The molecule has 6 heteroatoms. The lowest BCUT2D eigenvalue weighted by Crippen LogP contribution is -2.21. The number of benzene rings is 1. The van der Waals surface area contributed by atoms with E-state index in [2.05, 4.69) is 24.2 Å². The lowest BCUT2D eigenvalue weighted by molar-refractivity contribution is 0.628. The fourth-order valence-electron chi connectivity index (χ4n) is 2.15. The molecule has 0 N–H and O–H groups in total. The van der Waals surface area contributed by atoms with Crippen LogP contribution in [0.4, 0.5) is 4.39 Å². The van der Waals surface area contributed by atoms with Gasteiger partial charge in [0.05, 0.1) is 5.39 Å². The van der Waals surface area contributed by atoms with Crippen LogP contribution in [0.1, 0.15) is 0 Å². The first kappa shape index (κ1) is 14.0. The Labute approximate surface area is 129 Å². The molecule has 21 heavy (non-hydrogen) atoms. The zero-order valence-corrected chi connectivity index (χ0v) is 12.6. The molecule has 1 aromatic carbocycles. The fraction of sp³-hybridized carbons (Fsp3) is 0.0667. The van der Waals surface area contributed by atoms with Gasteiger partial charge in [0.15, 0.2) is 5.16 Å². The van der Waals surface area contributed by atoms with Crippen molar-refractivity contribution in [3.05, 3.63) is 58.5 Å². The summed E-state index contributed by atoms with van der Waals surface area (Å²) in [6, 6.07) is 6.06. The molecule has 3 aromatic rings. The number of halogens is 1. The third-order valence-electron chi connectivity index (χ3n) is 3.14. The first-order chi connectivity index (χ1) is 10.1. The lowest BCUT2D eigenvalue weighted by Gasteiger charge is -2.06. The molecule has 0 spiro atoms. The van der Waals surface area contributed by atoms with Gasteiger partial charge in [0, 0.05) is 17.5 Å². The van der Waals surface area contributed by atoms with Crippen molar-refractivity contribution in [3.8, 4) is 11.1 Å². The van der Waals surface area contributed by atoms with E-state index in [-0.39, 0.29) is 11.4 Å². The SMILES string of the molecule is C=CCn1c(S)nc2scc(-c3ccc(F)cc3)c2c1=O. The quantitative estimate of drug-likeness (QED) is 0.453. The number of thiophene rings is 1. The van der Waals surface area contributed by atoms with Crippen LogP contribution in [0.5, 0.6) is 0 Å². The molecular formula is C15H11FN2OS2. The van der Waals surface area contributed by atoms with Crippen molar-refractivity contribution in [2.75, 3.05) is 0 Å². The standard InChI is InChI=1S/C15H11FN2OS2/c1-2-7-18-14(19)12-11(8-21-13(12)17-15(18)20)9-3-5-10(16)6-4-9/h2-6,8H,1,7H2,(H,17,20). The Morgan fingerprint density at radius 3 is 2.76 bits per heavy atom. The summed E-state index contributed by atoms with van der Waals surface area (Å²) in [7, 11) is 0. The fourth-order valence-corrected chi connectivity index (χ4v) is 3.43. The zero-order valence-electron chi connectivity index (χ0n) is 10.9. The van der Waals surface area contributed by atoms with Gasteiger partial charge < -0.3 is 0 Å². The summed E-state index contributed by atoms with van der Waals surface area (Å²) in [5.74, 6) is -0.307. The Bertz CT molecular complexity index is 881. The number of aromatic nitrogens is 2. The highest BCUT2D eigenvalue weighted by Crippen LogP contribution is 2.31. The average Bonchev–Trinajstić information content (AvgIpc) is 2.88. The molecule has 2 aromatic heterocycles. The largest absolute Gasteiger partial charge is 0.283 e. The van der Waals surface area contributed by atoms with Crippen molar-refractivity contribution in [3.63, 3.8) is 0 Å². The summed E-state index contributed by atoms with van der Waals surface area (Å²) in [5, 5.41) is 2.75. The van der Waals surface area contributed by atoms with E-state index in [1.165, 1.54) is 28.0 Å². The molecule has 2 heterocycles. The summed E-state index contributed by atoms with van der Waals surface area (Å²) in [6.07, 6.45) is 1.62. The zero-order chi connectivity index (χ0) is 15.0. The molecule has 0 bridgehead atoms. The molecule has 0 atom stereocenters. The molecule has 0 amide bonds. The van der Waals surface area contributed by atoms with E-state index in [1.807, 2.05) is 5.38 Å². The lowest BCUT2D eigenvalue weighted by atomic mass is 10.1. The summed E-state index contributed by atoms with van der Waals surface area (Å²) in [4.78, 5) is 17.6. The molecule has 106 valence electrons. The number of hydrogen-bond acceptors (Lipinski definition) is 4. The van der Waals surface area contributed by atoms with Crippen LogP contribution in [0.25, 0.3) is 21.3 Å². The predicted octanol–water partition coefficient (Wildman–Crippen LogP) is 3.74. The third kappa shape index (κ3) is 2.41. The Morgan fingerprint density at radius 1 is 1.38 bits per heavy atom. The van der Waals surface area contributed by atoms with Gasteiger partial charge in [-0.1, -0.05) is 18.2 Å². The molecule has 0 aliphatic rings. The van der Waals surface area contributed by atoms with Gasteiger partial charge in [-0.2, -0.15) is 0 Å². The molecule has 0 saturated carbocycles. The number of hydrogen-bond donors (Lipinski definition) is 1. The van der Waals surface area contributed by atoms with Crippen molar-refractivity contribution in [1.82, 2.24) is 9.55 Å². The first-order valence-electron chi connectivity index (χ1n) is 6.19. The second kappa shape index (κ2) is 5.46. The molecule has 0 aliphatic heterocycles. The van der Waals surface area contributed by atoms with Crippen molar-refractivity contribution < 1.29 is 4.39 Å². The minimum Gasteiger partial charge on any atom is -0.283 e. The predicted molar refractivity (Wildman–Crippen MR) is 86.7 cm³/mol. The van der Waals surface area contributed by atoms with E-state index in [4.69, 9.17) is 0 Å². The Balaban J connectivity index is 2.30. The summed E-state index contributed by atoms with van der Waals surface area (Å²) < 4.78 is 14.5. The van der Waals surface area contributed by atoms with E-state index in [9.17, 15) is 9.18 Å². The maximum absolute atomic E-state index is 13.0. The summed E-state index contributed by atoms with van der Waals surface area (Å²) >= 11 is 5.62. The van der Waals surface area contributed by atoms with E-state index in [1.54, 1.807) is 18.2 Å². The normalized spacial score (nSPS) is 11.0. The first-order valence-corrected chi connectivity index (χ1v) is 7.52. The van der Waals surface area contributed by atoms with E-state index >= 15 is 0 Å². The van der Waals surface area contributed by atoms with E-state index in [0.717, 1.165) is 11.1 Å². The van der Waals surface area contributed by atoms with Crippen LogP contribution in [0.15, 0.2) is 52.3 Å². The van der Waals surface area contributed by atoms with Crippen molar-refractivity contribution >= 4 is 34.2 Å². The number of fused-ring (bicyclic) bond motifs is 1. The monoisotopic (exact) mass is 318 g/mol. The minimum atomic E-state index is -0.307. The number of allylic oxidation sites excluding steroid dienone is 1. The second-order valence-corrected chi connectivity index (χ2v) is 5.71. The van der Waals surface area contributed by atoms with Gasteiger partial charge in [-0.05, 0) is 17.7 Å². The molecule has 3 nitrogen and oxygen atoms in total. The van der Waals surface area contributed by atoms with Gasteiger partial charge in [-0.15, -0.1) is 30.5 Å². The van der Waals surface area contributed by atoms with E-state index < -0.39 is 0 Å². The minimum absolute atomic E-state index is 0.162. The summed E-state index contributed by atoms with van der Waals surface area (Å²) in [6.45, 7) is 3.98. The highest BCUT2D eigenvalue weighted by Gasteiger charge is 2.15. The molecule has 3 rings (SSSR count). The number of nitrogens with zero attached hydrogens (tertiary/aromatic N) is 2. The van der Waals surface area contributed by atoms with Gasteiger partial charge in [0.2, 0.25) is 0 Å². The highest BCUT2D eigenvalue weighted by atomic mass is 32.1. The van der Waals surface area contributed by atoms with Gasteiger partial charge in [-0.3, -0.25) is 9.36 Å². The molecule has 0 fully saturated rings. The van der Waals surface area contributed by atoms with Crippen LogP contribution >= 0.6 is 24.0 Å². The van der Waals surface area contributed by atoms with Crippen LogP contribution in [-0.4, -0.2) is 9.55 Å². The van der Waals surface area contributed by atoms with E-state index in [0.29, 0.717) is 21.9 Å². The molecular weight excluding hydrogens is 307 g/mol. The van der Waals surface area contributed by atoms with Gasteiger partial charge >= 0.3 is 0 Å². The number of thiol groups is 1. The maximum Gasteiger partial charge on any atom is 0.263 e. The smallest absolute Gasteiger partial charge is 0.263 e. The average molecular weight is 318 g/mol. The van der Waals surface area contributed by atoms with Crippen LogP contribution < -0.4 is 5.56 Å². The second-order valence-electron chi connectivity index (χ2n) is 4.45. The van der Waals surface area contributed by atoms with Crippen LogP contribution in [0.2, 0.25) is 0 Å². The van der Waals surface area contributed by atoms with Crippen LogP contribution in [-0.2, 0) is 6.54 Å².